The Kier molecular flexibility index (Phi) is 5.86. The fraction of sp³-hybridized carbons (Fsp3) is 0.375. The van der Waals surface area contributed by atoms with Gasteiger partial charge in [-0.3, -0.25) is 14.9 Å². The van der Waals surface area contributed by atoms with Crippen LogP contribution in [0.4, 0.5) is 5.13 Å². The molecule has 2 amide bonds. The van der Waals surface area contributed by atoms with Crippen molar-refractivity contribution in [3.05, 3.63) is 24.3 Å². The molecular formula is C16H20N4O3S. The Hall–Kier alpha value is -2.48. The maximum atomic E-state index is 12.1. The summed E-state index contributed by atoms with van der Waals surface area (Å²) in [6.45, 7) is 5.16. The number of ether oxygens (including phenoxy) is 1. The predicted molar refractivity (Wildman–Crippen MR) is 93.0 cm³/mol. The maximum absolute atomic E-state index is 12.1. The fourth-order valence-electron chi connectivity index (χ4n) is 1.81. The molecule has 2 aromatic rings. The van der Waals surface area contributed by atoms with E-state index in [0.717, 1.165) is 11.3 Å². The van der Waals surface area contributed by atoms with Crippen molar-refractivity contribution < 1.29 is 14.3 Å². The van der Waals surface area contributed by atoms with E-state index in [2.05, 4.69) is 20.8 Å². The van der Waals surface area contributed by atoms with Crippen molar-refractivity contribution in [1.29, 1.82) is 0 Å². The summed E-state index contributed by atoms with van der Waals surface area (Å²) in [4.78, 5) is 23.7. The highest BCUT2D eigenvalue weighted by molar-refractivity contribution is 7.18. The molecule has 1 aromatic carbocycles. The molecule has 0 radical (unpaired) electrons. The third kappa shape index (κ3) is 4.51. The molecule has 1 aromatic heterocycles. The summed E-state index contributed by atoms with van der Waals surface area (Å²) in [6, 6.07) is 6.78. The van der Waals surface area contributed by atoms with Crippen LogP contribution >= 0.6 is 11.3 Å². The van der Waals surface area contributed by atoms with Crippen LogP contribution in [0.2, 0.25) is 0 Å². The van der Waals surface area contributed by atoms with E-state index in [0.29, 0.717) is 10.1 Å². The van der Waals surface area contributed by atoms with Gasteiger partial charge in [0.05, 0.1) is 7.11 Å². The lowest BCUT2D eigenvalue weighted by atomic mass is 10.2. The van der Waals surface area contributed by atoms with E-state index in [9.17, 15) is 9.59 Å². The number of hydrogen-bond acceptors (Lipinski definition) is 6. The normalized spacial score (nSPS) is 11.9. The summed E-state index contributed by atoms with van der Waals surface area (Å²) >= 11 is 1.25. The van der Waals surface area contributed by atoms with E-state index in [1.165, 1.54) is 11.3 Å². The number of amides is 2. The number of benzene rings is 1. The molecule has 128 valence electrons. The highest BCUT2D eigenvalue weighted by atomic mass is 32.1. The lowest BCUT2D eigenvalue weighted by Crippen LogP contribution is -2.43. The largest absolute Gasteiger partial charge is 0.497 e. The Balaban J connectivity index is 2.02. The first-order chi connectivity index (χ1) is 11.4. The molecule has 8 heteroatoms. The van der Waals surface area contributed by atoms with Gasteiger partial charge in [-0.05, 0) is 19.1 Å². The predicted octanol–water partition coefficient (Wildman–Crippen LogP) is 2.31. The molecular weight excluding hydrogens is 328 g/mol. The van der Waals surface area contributed by atoms with E-state index in [1.807, 2.05) is 24.3 Å². The monoisotopic (exact) mass is 348 g/mol. The molecule has 0 aliphatic rings. The minimum atomic E-state index is -0.649. The number of nitrogens with one attached hydrogen (secondary N) is 2. The Labute approximate surface area is 144 Å². The molecule has 1 atom stereocenters. The van der Waals surface area contributed by atoms with Gasteiger partial charge in [0.25, 0.3) is 0 Å². The summed E-state index contributed by atoms with van der Waals surface area (Å²) in [7, 11) is 1.59. The lowest BCUT2D eigenvalue weighted by molar-refractivity contribution is -0.128. The molecule has 0 aliphatic heterocycles. The Morgan fingerprint density at radius 2 is 1.92 bits per heavy atom. The van der Waals surface area contributed by atoms with Gasteiger partial charge in [0.2, 0.25) is 16.9 Å². The van der Waals surface area contributed by atoms with Gasteiger partial charge in [-0.1, -0.05) is 37.3 Å². The van der Waals surface area contributed by atoms with Crippen LogP contribution in [0, 0.1) is 5.92 Å². The van der Waals surface area contributed by atoms with Gasteiger partial charge in [-0.15, -0.1) is 10.2 Å². The van der Waals surface area contributed by atoms with Crippen LogP contribution < -0.4 is 15.4 Å². The number of aromatic nitrogens is 2. The van der Waals surface area contributed by atoms with Gasteiger partial charge in [0.1, 0.15) is 16.8 Å². The Bertz CT molecular complexity index is 730. The van der Waals surface area contributed by atoms with Gasteiger partial charge >= 0.3 is 0 Å². The number of carbonyl (C=O) groups is 2. The molecule has 1 heterocycles. The zero-order valence-electron chi connectivity index (χ0n) is 14.0. The zero-order chi connectivity index (χ0) is 17.7. The van der Waals surface area contributed by atoms with Crippen LogP contribution in [0.15, 0.2) is 24.3 Å². The van der Waals surface area contributed by atoms with Crippen molar-refractivity contribution in [3.8, 4) is 16.3 Å². The molecule has 0 unspecified atom stereocenters. The summed E-state index contributed by atoms with van der Waals surface area (Å²) < 4.78 is 5.18. The van der Waals surface area contributed by atoms with E-state index >= 15 is 0 Å². The van der Waals surface area contributed by atoms with Crippen molar-refractivity contribution in [2.24, 2.45) is 5.92 Å². The third-order valence-electron chi connectivity index (χ3n) is 3.25. The highest BCUT2D eigenvalue weighted by Crippen LogP contribution is 2.28. The molecule has 0 spiro atoms. The van der Waals surface area contributed by atoms with E-state index in [1.54, 1.807) is 27.9 Å². The molecule has 2 rings (SSSR count). The second-order valence-corrected chi connectivity index (χ2v) is 6.50. The van der Waals surface area contributed by atoms with Crippen molar-refractivity contribution in [1.82, 2.24) is 15.5 Å². The quantitative estimate of drug-likeness (QED) is 0.835. The molecule has 0 fully saturated rings. The number of hydrogen-bond donors (Lipinski definition) is 2. The van der Waals surface area contributed by atoms with E-state index < -0.39 is 6.04 Å². The van der Waals surface area contributed by atoms with E-state index in [-0.39, 0.29) is 17.7 Å². The summed E-state index contributed by atoms with van der Waals surface area (Å²) in [5.41, 5.74) is 0.855. The van der Waals surface area contributed by atoms with Crippen molar-refractivity contribution in [2.45, 2.75) is 26.8 Å². The smallest absolute Gasteiger partial charge is 0.248 e. The number of anilines is 1. The van der Waals surface area contributed by atoms with Gasteiger partial charge < -0.3 is 10.1 Å². The molecule has 7 nitrogen and oxygen atoms in total. The SMILES string of the molecule is COc1cccc(-c2nnc(NC(=O)[C@@H](C)NC(=O)C(C)C)s2)c1. The van der Waals surface area contributed by atoms with Crippen molar-refractivity contribution in [3.63, 3.8) is 0 Å². The van der Waals surface area contributed by atoms with Crippen molar-refractivity contribution in [2.75, 3.05) is 12.4 Å². The van der Waals surface area contributed by atoms with Crippen LogP contribution in [0.3, 0.4) is 0 Å². The summed E-state index contributed by atoms with van der Waals surface area (Å²) in [6.07, 6.45) is 0. The molecule has 0 saturated carbocycles. The Morgan fingerprint density at radius 1 is 1.17 bits per heavy atom. The standard InChI is InChI=1S/C16H20N4O3S/c1-9(2)13(21)17-10(3)14(22)18-16-20-19-15(24-16)11-6-5-7-12(8-11)23-4/h5-10H,1-4H3,(H,17,21)(H,18,20,22)/t10-/m1/s1. The number of carbonyl (C=O) groups excluding carboxylic acids is 2. The van der Waals surface area contributed by atoms with Crippen LogP contribution in [0.25, 0.3) is 10.6 Å². The Morgan fingerprint density at radius 3 is 2.58 bits per heavy atom. The van der Waals surface area contributed by atoms with Crippen LogP contribution in [-0.4, -0.2) is 35.2 Å². The van der Waals surface area contributed by atoms with Crippen molar-refractivity contribution >= 4 is 28.3 Å². The van der Waals surface area contributed by atoms with Crippen LogP contribution in [-0.2, 0) is 9.59 Å². The van der Waals surface area contributed by atoms with E-state index in [4.69, 9.17) is 4.74 Å². The number of methoxy groups -OCH3 is 1. The third-order valence-corrected chi connectivity index (χ3v) is 4.14. The van der Waals surface area contributed by atoms with Gasteiger partial charge in [-0.2, -0.15) is 0 Å². The summed E-state index contributed by atoms with van der Waals surface area (Å²) in [5, 5.41) is 14.4. The first-order valence-corrected chi connectivity index (χ1v) is 8.31. The second-order valence-electron chi connectivity index (χ2n) is 5.52. The molecule has 0 bridgehead atoms. The molecule has 0 saturated heterocycles. The molecule has 0 aliphatic carbocycles. The van der Waals surface area contributed by atoms with Gasteiger partial charge in [0.15, 0.2) is 0 Å². The molecule has 2 N–H and O–H groups in total. The lowest BCUT2D eigenvalue weighted by Gasteiger charge is -2.14. The number of rotatable bonds is 6. The first-order valence-electron chi connectivity index (χ1n) is 7.50. The molecule has 24 heavy (non-hydrogen) atoms. The second kappa shape index (κ2) is 7.87. The zero-order valence-corrected chi connectivity index (χ0v) is 14.8. The average Bonchev–Trinajstić information content (AvgIpc) is 3.03. The topological polar surface area (TPSA) is 93.2 Å². The number of nitrogens with zero attached hydrogens (tertiary/aromatic N) is 2. The maximum Gasteiger partial charge on any atom is 0.248 e. The van der Waals surface area contributed by atoms with Crippen LogP contribution in [0.5, 0.6) is 5.75 Å². The first kappa shape index (κ1) is 17.9. The fourth-order valence-corrected chi connectivity index (χ4v) is 2.55. The van der Waals surface area contributed by atoms with Gasteiger partial charge in [0, 0.05) is 11.5 Å². The van der Waals surface area contributed by atoms with Crippen LogP contribution in [0.1, 0.15) is 20.8 Å². The minimum Gasteiger partial charge on any atom is -0.497 e. The van der Waals surface area contributed by atoms with Gasteiger partial charge in [-0.25, -0.2) is 0 Å². The highest BCUT2D eigenvalue weighted by Gasteiger charge is 2.19. The minimum absolute atomic E-state index is 0.174. The average molecular weight is 348 g/mol. The summed E-state index contributed by atoms with van der Waals surface area (Å²) in [5.74, 6) is 0.0316.